The highest BCUT2D eigenvalue weighted by molar-refractivity contribution is 7.14. The summed E-state index contributed by atoms with van der Waals surface area (Å²) < 4.78 is 0. The minimum Gasteiger partial charge on any atom is -0.315 e. The molecule has 0 bridgehead atoms. The molecule has 4 heteroatoms. The first kappa shape index (κ1) is 12.3. The molecule has 1 atom stereocenters. The summed E-state index contributed by atoms with van der Waals surface area (Å²) in [7, 11) is 2.00. The van der Waals surface area contributed by atoms with Gasteiger partial charge >= 0.3 is 0 Å². The third kappa shape index (κ3) is 2.96. The van der Waals surface area contributed by atoms with Crippen molar-refractivity contribution >= 4 is 17.1 Å². The van der Waals surface area contributed by atoms with Crippen molar-refractivity contribution in [2.45, 2.75) is 32.7 Å². The van der Waals surface area contributed by atoms with Gasteiger partial charge in [0.05, 0.1) is 4.88 Å². The number of aryl methyl sites for hydroxylation is 1. The van der Waals surface area contributed by atoms with E-state index in [2.05, 4.69) is 18.4 Å². The summed E-state index contributed by atoms with van der Waals surface area (Å²) in [6.45, 7) is 4.13. The molecule has 0 radical (unpaired) electrons. The maximum Gasteiger partial charge on any atom is 0.173 e. The molecule has 3 nitrogen and oxygen atoms in total. The van der Waals surface area contributed by atoms with Gasteiger partial charge in [-0.05, 0) is 38.5 Å². The Kier molecular flexibility index (Phi) is 3.64. The van der Waals surface area contributed by atoms with Gasteiger partial charge in [0.1, 0.15) is 0 Å². The number of hydrogen-bond acceptors (Lipinski definition) is 4. The summed E-state index contributed by atoms with van der Waals surface area (Å²) in [6, 6.07) is 4.30. The van der Waals surface area contributed by atoms with Crippen LogP contribution in [0.5, 0.6) is 0 Å². The average molecular weight is 250 g/mol. The minimum atomic E-state index is 0.247. The van der Waals surface area contributed by atoms with Crippen LogP contribution in [-0.2, 0) is 0 Å². The molecule has 0 spiro atoms. The molecule has 1 aromatic heterocycles. The van der Waals surface area contributed by atoms with Crippen LogP contribution in [0.1, 0.15) is 34.3 Å². The highest BCUT2D eigenvalue weighted by Gasteiger charge is 2.17. The van der Waals surface area contributed by atoms with Crippen molar-refractivity contribution < 1.29 is 4.79 Å². The molecule has 0 saturated heterocycles. The quantitative estimate of drug-likeness (QED) is 0.834. The van der Waals surface area contributed by atoms with Crippen molar-refractivity contribution in [2.24, 2.45) is 0 Å². The molecule has 1 N–H and O–H groups in total. The van der Waals surface area contributed by atoms with Crippen molar-refractivity contribution in [3.05, 3.63) is 33.7 Å². The smallest absolute Gasteiger partial charge is 0.173 e. The fourth-order valence-electron chi connectivity index (χ4n) is 2.03. The zero-order chi connectivity index (χ0) is 12.4. The predicted octanol–water partition coefficient (Wildman–Crippen LogP) is 2.74. The number of carbonyl (C=O) groups excluding carboxylic acids is 1. The van der Waals surface area contributed by atoms with Gasteiger partial charge in [0.25, 0.3) is 0 Å². The van der Waals surface area contributed by atoms with E-state index in [9.17, 15) is 4.79 Å². The second kappa shape index (κ2) is 5.02. The third-order valence-electron chi connectivity index (χ3n) is 2.89. The molecule has 1 aliphatic rings. The molecular weight excluding hydrogens is 232 g/mol. The van der Waals surface area contributed by atoms with Gasteiger partial charge in [-0.1, -0.05) is 0 Å². The number of allylic oxidation sites excluding steroid dienone is 1. The lowest BCUT2D eigenvalue weighted by molar-refractivity contribution is 0.0984. The van der Waals surface area contributed by atoms with E-state index in [0.29, 0.717) is 12.5 Å². The molecule has 1 unspecified atom stereocenters. The number of Topliss-reactive ketones (excluding diaryl/α,β-unsaturated/α-hetero) is 1. The molecule has 17 heavy (non-hydrogen) atoms. The Morgan fingerprint density at radius 1 is 1.53 bits per heavy atom. The topological polar surface area (TPSA) is 32.3 Å². The Bertz CT molecular complexity index is 450. The summed E-state index contributed by atoms with van der Waals surface area (Å²) in [5, 5.41) is 2.01. The Labute approximate surface area is 106 Å². The number of hydrogen-bond donors (Lipinski definition) is 1. The van der Waals surface area contributed by atoms with Crippen molar-refractivity contribution in [3.8, 4) is 0 Å². The van der Waals surface area contributed by atoms with Gasteiger partial charge in [-0.2, -0.15) is 0 Å². The molecule has 2 heterocycles. The molecule has 92 valence electrons. The molecular formula is C13H18N2OS. The van der Waals surface area contributed by atoms with Crippen LogP contribution in [0.2, 0.25) is 0 Å². The fourth-order valence-corrected chi connectivity index (χ4v) is 2.86. The summed E-state index contributed by atoms with van der Waals surface area (Å²) in [4.78, 5) is 14.0. The minimum absolute atomic E-state index is 0.247. The second-order valence-corrected chi connectivity index (χ2v) is 5.76. The Balaban J connectivity index is 1.91. The molecule has 1 aromatic rings. The molecule has 0 fully saturated rings. The number of nitrogens with zero attached hydrogens (tertiary/aromatic N) is 1. The van der Waals surface area contributed by atoms with Crippen molar-refractivity contribution in [2.75, 3.05) is 7.05 Å². The molecule has 0 aromatic carbocycles. The van der Waals surface area contributed by atoms with Crippen molar-refractivity contribution in [1.29, 1.82) is 0 Å². The Morgan fingerprint density at radius 2 is 2.29 bits per heavy atom. The standard InChI is InChI=1S/C13H18N2OS/c1-9-8-11(15(3)14-9)5-6-12(16)13-7-4-10(2)17-13/h4,7-9,14H,5-6H2,1-3H3. The Morgan fingerprint density at radius 3 is 2.82 bits per heavy atom. The SMILES string of the molecule is Cc1ccc(C(=O)CCC2=CC(C)NN2C)s1. The largest absolute Gasteiger partial charge is 0.315 e. The number of ketones is 1. The fraction of sp³-hybridized carbons (Fsp3) is 0.462. The molecule has 1 aliphatic heterocycles. The first-order valence-corrected chi connectivity index (χ1v) is 6.68. The molecule has 2 rings (SSSR count). The average Bonchev–Trinajstić information content (AvgIpc) is 2.82. The van der Waals surface area contributed by atoms with Gasteiger partial charge < -0.3 is 5.01 Å². The normalized spacial score (nSPS) is 19.6. The van der Waals surface area contributed by atoms with Crippen LogP contribution < -0.4 is 5.43 Å². The van der Waals surface area contributed by atoms with Gasteiger partial charge in [-0.3, -0.25) is 4.79 Å². The van der Waals surface area contributed by atoms with Crippen LogP contribution in [0.15, 0.2) is 23.9 Å². The first-order valence-electron chi connectivity index (χ1n) is 5.86. The highest BCUT2D eigenvalue weighted by Crippen LogP contribution is 2.20. The lowest BCUT2D eigenvalue weighted by Gasteiger charge is -2.17. The number of thiophene rings is 1. The van der Waals surface area contributed by atoms with Crippen LogP contribution in [0.3, 0.4) is 0 Å². The van der Waals surface area contributed by atoms with E-state index >= 15 is 0 Å². The Hall–Kier alpha value is -1.13. The zero-order valence-electron chi connectivity index (χ0n) is 10.5. The molecule has 0 aliphatic carbocycles. The summed E-state index contributed by atoms with van der Waals surface area (Å²) in [5.74, 6) is 0.247. The van der Waals surface area contributed by atoms with Crippen LogP contribution in [0.4, 0.5) is 0 Å². The first-order chi connectivity index (χ1) is 8.06. The highest BCUT2D eigenvalue weighted by atomic mass is 32.1. The maximum absolute atomic E-state index is 11.9. The van der Waals surface area contributed by atoms with E-state index in [1.165, 1.54) is 10.6 Å². The van der Waals surface area contributed by atoms with E-state index in [-0.39, 0.29) is 5.78 Å². The van der Waals surface area contributed by atoms with Gasteiger partial charge in [0.2, 0.25) is 0 Å². The predicted molar refractivity (Wildman–Crippen MR) is 71.1 cm³/mol. The van der Waals surface area contributed by atoms with Gasteiger partial charge in [-0.25, -0.2) is 5.43 Å². The molecule has 0 saturated carbocycles. The maximum atomic E-state index is 11.9. The second-order valence-electron chi connectivity index (χ2n) is 4.47. The molecule has 0 amide bonds. The summed E-state index contributed by atoms with van der Waals surface area (Å²) in [6.07, 6.45) is 3.57. The van der Waals surface area contributed by atoms with Crippen LogP contribution in [-0.4, -0.2) is 23.9 Å². The number of nitrogens with one attached hydrogen (secondary N) is 1. The van der Waals surface area contributed by atoms with Gasteiger partial charge in [0.15, 0.2) is 5.78 Å². The van der Waals surface area contributed by atoms with Gasteiger partial charge in [0, 0.05) is 30.1 Å². The van der Waals surface area contributed by atoms with E-state index in [1.807, 2.05) is 31.1 Å². The van der Waals surface area contributed by atoms with Crippen LogP contribution in [0.25, 0.3) is 0 Å². The van der Waals surface area contributed by atoms with Crippen molar-refractivity contribution in [3.63, 3.8) is 0 Å². The lowest BCUT2D eigenvalue weighted by Crippen LogP contribution is -2.32. The number of carbonyl (C=O) groups is 1. The van der Waals surface area contributed by atoms with Crippen LogP contribution in [0, 0.1) is 6.92 Å². The van der Waals surface area contributed by atoms with E-state index in [4.69, 9.17) is 0 Å². The number of hydrazine groups is 1. The monoisotopic (exact) mass is 250 g/mol. The van der Waals surface area contributed by atoms with E-state index in [0.717, 1.165) is 11.3 Å². The third-order valence-corrected chi connectivity index (χ3v) is 3.94. The van der Waals surface area contributed by atoms with Gasteiger partial charge in [-0.15, -0.1) is 11.3 Å². The summed E-state index contributed by atoms with van der Waals surface area (Å²) in [5.41, 5.74) is 4.47. The van der Waals surface area contributed by atoms with Crippen molar-refractivity contribution in [1.82, 2.24) is 10.4 Å². The number of rotatable bonds is 4. The zero-order valence-corrected chi connectivity index (χ0v) is 11.3. The lowest BCUT2D eigenvalue weighted by atomic mass is 10.1. The van der Waals surface area contributed by atoms with Crippen LogP contribution >= 0.6 is 11.3 Å². The van der Waals surface area contributed by atoms with E-state index < -0.39 is 0 Å². The summed E-state index contributed by atoms with van der Waals surface area (Å²) >= 11 is 1.58. The van der Waals surface area contributed by atoms with E-state index in [1.54, 1.807) is 11.3 Å².